The SMILES string of the molecule is CC[C@H](Oc1cccc(Cl)c1)C(=O)N[C@H](C)c1ccc(N2CCC[C@H](C)C2)cc1. The number of hydrogen-bond donors (Lipinski definition) is 1. The minimum atomic E-state index is -0.551. The Bertz CT molecular complexity index is 809. The molecule has 2 aromatic rings. The third-order valence-electron chi connectivity index (χ3n) is 5.51. The molecule has 1 heterocycles. The lowest BCUT2D eigenvalue weighted by molar-refractivity contribution is -0.128. The van der Waals surface area contributed by atoms with Crippen LogP contribution in [0.1, 0.15) is 51.6 Å². The van der Waals surface area contributed by atoms with E-state index in [1.54, 1.807) is 12.1 Å². The van der Waals surface area contributed by atoms with Crippen molar-refractivity contribution in [1.29, 1.82) is 0 Å². The molecule has 4 nitrogen and oxygen atoms in total. The molecule has 5 heteroatoms. The second-order valence-electron chi connectivity index (χ2n) is 7.99. The molecule has 1 saturated heterocycles. The third-order valence-corrected chi connectivity index (χ3v) is 5.75. The summed E-state index contributed by atoms with van der Waals surface area (Å²) in [5.41, 5.74) is 2.35. The van der Waals surface area contributed by atoms with E-state index < -0.39 is 6.10 Å². The molecule has 0 spiro atoms. The Labute approximate surface area is 179 Å². The molecule has 1 aliphatic rings. The number of piperidine rings is 1. The summed E-state index contributed by atoms with van der Waals surface area (Å²) in [6.45, 7) is 8.49. The van der Waals surface area contributed by atoms with Crippen molar-refractivity contribution >= 4 is 23.2 Å². The van der Waals surface area contributed by atoms with E-state index in [0.29, 0.717) is 17.2 Å². The van der Waals surface area contributed by atoms with Gasteiger partial charge in [-0.3, -0.25) is 4.79 Å². The molecular weight excluding hydrogens is 384 g/mol. The highest BCUT2D eigenvalue weighted by molar-refractivity contribution is 6.30. The van der Waals surface area contributed by atoms with Crippen LogP contribution >= 0.6 is 11.6 Å². The Balaban J connectivity index is 1.59. The number of carbonyl (C=O) groups is 1. The minimum absolute atomic E-state index is 0.0890. The normalized spacial score (nSPS) is 18.8. The van der Waals surface area contributed by atoms with Gasteiger partial charge >= 0.3 is 0 Å². The molecule has 0 aromatic heterocycles. The predicted molar refractivity (Wildman–Crippen MR) is 120 cm³/mol. The molecule has 3 rings (SSSR count). The van der Waals surface area contributed by atoms with Crippen LogP contribution in [0.3, 0.4) is 0 Å². The van der Waals surface area contributed by atoms with Gasteiger partial charge in [0.15, 0.2) is 6.10 Å². The van der Waals surface area contributed by atoms with Crippen LogP contribution in [0.15, 0.2) is 48.5 Å². The first-order valence-corrected chi connectivity index (χ1v) is 10.9. The molecule has 2 aromatic carbocycles. The van der Waals surface area contributed by atoms with Crippen molar-refractivity contribution in [2.24, 2.45) is 5.92 Å². The lowest BCUT2D eigenvalue weighted by Crippen LogP contribution is -2.39. The van der Waals surface area contributed by atoms with Gasteiger partial charge in [0.25, 0.3) is 5.91 Å². The van der Waals surface area contributed by atoms with Gasteiger partial charge in [-0.1, -0.05) is 43.6 Å². The lowest BCUT2D eigenvalue weighted by Gasteiger charge is -2.33. The molecule has 1 fully saturated rings. The van der Waals surface area contributed by atoms with Crippen molar-refractivity contribution in [2.45, 2.75) is 52.2 Å². The lowest BCUT2D eigenvalue weighted by atomic mass is 9.99. The highest BCUT2D eigenvalue weighted by Gasteiger charge is 2.21. The number of anilines is 1. The van der Waals surface area contributed by atoms with Crippen LogP contribution < -0.4 is 15.0 Å². The van der Waals surface area contributed by atoms with Crippen LogP contribution in [0.25, 0.3) is 0 Å². The maximum absolute atomic E-state index is 12.7. The third kappa shape index (κ3) is 5.89. The van der Waals surface area contributed by atoms with Crippen LogP contribution in [-0.2, 0) is 4.79 Å². The predicted octanol–water partition coefficient (Wildman–Crippen LogP) is 5.61. The van der Waals surface area contributed by atoms with E-state index in [9.17, 15) is 4.79 Å². The first kappa shape index (κ1) is 21.5. The fourth-order valence-electron chi connectivity index (χ4n) is 3.81. The zero-order valence-electron chi connectivity index (χ0n) is 17.5. The quantitative estimate of drug-likeness (QED) is 0.640. The zero-order chi connectivity index (χ0) is 20.8. The second-order valence-corrected chi connectivity index (χ2v) is 8.42. The summed E-state index contributed by atoms with van der Waals surface area (Å²) < 4.78 is 5.85. The Morgan fingerprint density at radius 3 is 2.69 bits per heavy atom. The summed E-state index contributed by atoms with van der Waals surface area (Å²) in [5.74, 6) is 1.23. The van der Waals surface area contributed by atoms with Crippen molar-refractivity contribution in [3.8, 4) is 5.75 Å². The Morgan fingerprint density at radius 2 is 2.03 bits per heavy atom. The molecule has 156 valence electrons. The van der Waals surface area contributed by atoms with Crippen LogP contribution in [0.2, 0.25) is 5.02 Å². The van der Waals surface area contributed by atoms with Crippen LogP contribution in [0, 0.1) is 5.92 Å². The second kappa shape index (κ2) is 10.0. The van der Waals surface area contributed by atoms with Gasteiger partial charge in [-0.15, -0.1) is 0 Å². The Hall–Kier alpha value is -2.20. The number of nitrogens with one attached hydrogen (secondary N) is 1. The molecule has 0 saturated carbocycles. The van der Waals surface area contributed by atoms with Gasteiger partial charge in [-0.25, -0.2) is 0 Å². The van der Waals surface area contributed by atoms with E-state index in [4.69, 9.17) is 16.3 Å². The van der Waals surface area contributed by atoms with Gasteiger partial charge in [0, 0.05) is 23.8 Å². The van der Waals surface area contributed by atoms with Gasteiger partial charge in [-0.2, -0.15) is 0 Å². The van der Waals surface area contributed by atoms with Gasteiger partial charge in [0.2, 0.25) is 0 Å². The van der Waals surface area contributed by atoms with E-state index in [2.05, 4.69) is 41.4 Å². The molecule has 0 aliphatic carbocycles. The summed E-state index contributed by atoms with van der Waals surface area (Å²) in [6, 6.07) is 15.6. The molecule has 0 bridgehead atoms. The summed E-state index contributed by atoms with van der Waals surface area (Å²) in [4.78, 5) is 15.2. The largest absolute Gasteiger partial charge is 0.481 e. The van der Waals surface area contributed by atoms with Crippen molar-refractivity contribution in [3.63, 3.8) is 0 Å². The Kier molecular flexibility index (Phi) is 7.43. The van der Waals surface area contributed by atoms with Gasteiger partial charge in [0.1, 0.15) is 5.75 Å². The van der Waals surface area contributed by atoms with Crippen molar-refractivity contribution in [1.82, 2.24) is 5.32 Å². The van der Waals surface area contributed by atoms with Gasteiger partial charge < -0.3 is 15.0 Å². The van der Waals surface area contributed by atoms with E-state index in [-0.39, 0.29) is 11.9 Å². The molecule has 1 N–H and O–H groups in total. The number of carbonyl (C=O) groups excluding carboxylic acids is 1. The van der Waals surface area contributed by atoms with Gasteiger partial charge in [0.05, 0.1) is 6.04 Å². The van der Waals surface area contributed by atoms with Crippen LogP contribution in [0.5, 0.6) is 5.75 Å². The molecule has 0 radical (unpaired) electrons. The van der Waals surface area contributed by atoms with Crippen LogP contribution in [-0.4, -0.2) is 25.1 Å². The molecule has 1 aliphatic heterocycles. The summed E-state index contributed by atoms with van der Waals surface area (Å²) in [6.07, 6.45) is 2.59. The number of halogens is 1. The van der Waals surface area contributed by atoms with Crippen molar-refractivity contribution in [2.75, 3.05) is 18.0 Å². The zero-order valence-corrected chi connectivity index (χ0v) is 18.3. The maximum Gasteiger partial charge on any atom is 0.261 e. The average Bonchev–Trinajstić information content (AvgIpc) is 2.72. The maximum atomic E-state index is 12.7. The average molecular weight is 415 g/mol. The van der Waals surface area contributed by atoms with Crippen LogP contribution in [0.4, 0.5) is 5.69 Å². The van der Waals surface area contributed by atoms with Crippen molar-refractivity contribution in [3.05, 3.63) is 59.1 Å². The number of hydrogen-bond acceptors (Lipinski definition) is 3. The van der Waals surface area contributed by atoms with Crippen molar-refractivity contribution < 1.29 is 9.53 Å². The number of benzene rings is 2. The summed E-state index contributed by atoms with van der Waals surface area (Å²) >= 11 is 6.01. The van der Waals surface area contributed by atoms with E-state index in [1.807, 2.05) is 26.0 Å². The topological polar surface area (TPSA) is 41.6 Å². The number of amides is 1. The number of rotatable bonds is 7. The molecule has 1 amide bonds. The molecule has 3 atom stereocenters. The highest BCUT2D eigenvalue weighted by atomic mass is 35.5. The van der Waals surface area contributed by atoms with Gasteiger partial charge in [-0.05, 0) is 68.0 Å². The first-order valence-electron chi connectivity index (χ1n) is 10.5. The smallest absolute Gasteiger partial charge is 0.261 e. The summed E-state index contributed by atoms with van der Waals surface area (Å²) in [7, 11) is 0. The fraction of sp³-hybridized carbons (Fsp3) is 0.458. The molecular formula is C24H31ClN2O2. The molecule has 29 heavy (non-hydrogen) atoms. The molecule has 0 unspecified atom stereocenters. The Morgan fingerprint density at radius 1 is 1.28 bits per heavy atom. The standard InChI is InChI=1S/C24H31ClN2O2/c1-4-23(29-22-9-5-8-20(25)15-22)24(28)26-18(3)19-10-12-21(13-11-19)27-14-6-7-17(2)16-27/h5,8-13,15,17-18,23H,4,6-7,14,16H2,1-3H3,(H,26,28)/t17-,18+,23-/m0/s1. The minimum Gasteiger partial charge on any atom is -0.481 e. The first-order chi connectivity index (χ1) is 14.0. The highest BCUT2D eigenvalue weighted by Crippen LogP contribution is 2.25. The number of ether oxygens (including phenoxy) is 1. The van der Waals surface area contributed by atoms with E-state index in [0.717, 1.165) is 24.6 Å². The van der Waals surface area contributed by atoms with E-state index in [1.165, 1.54) is 18.5 Å². The monoisotopic (exact) mass is 414 g/mol. The number of nitrogens with zero attached hydrogens (tertiary/aromatic N) is 1. The fourth-order valence-corrected chi connectivity index (χ4v) is 3.99. The van der Waals surface area contributed by atoms with E-state index >= 15 is 0 Å². The summed E-state index contributed by atoms with van der Waals surface area (Å²) in [5, 5.41) is 3.67.